The summed E-state index contributed by atoms with van der Waals surface area (Å²) < 4.78 is 6.03. The Hall–Kier alpha value is -3.48. The van der Waals surface area contributed by atoms with Crippen LogP contribution in [0.2, 0.25) is 0 Å². The number of aromatic carboxylic acids is 1. The molecule has 1 fully saturated rings. The molecule has 0 unspecified atom stereocenters. The van der Waals surface area contributed by atoms with E-state index in [1.54, 1.807) is 23.5 Å². The Morgan fingerprint density at radius 1 is 0.892 bits per heavy atom. The van der Waals surface area contributed by atoms with Gasteiger partial charge in [0.15, 0.2) is 0 Å². The third-order valence-electron chi connectivity index (χ3n) is 6.97. The van der Waals surface area contributed by atoms with Crippen molar-refractivity contribution in [1.82, 2.24) is 10.3 Å². The highest BCUT2D eigenvalue weighted by atomic mass is 32.1. The molecule has 0 atom stereocenters. The van der Waals surface area contributed by atoms with Crippen LogP contribution in [0.5, 0.6) is 5.75 Å². The lowest BCUT2D eigenvalue weighted by Crippen LogP contribution is -2.12. The maximum absolute atomic E-state index is 11.0. The molecule has 2 N–H and O–H groups in total. The predicted octanol–water partition coefficient (Wildman–Crippen LogP) is 7.42. The molecule has 4 aromatic rings. The topological polar surface area (TPSA) is 71.5 Å². The number of hydrogen-bond acceptors (Lipinski definition) is 5. The molecule has 1 aromatic heterocycles. The molecular weight excluding hydrogens is 480 g/mol. The zero-order valence-electron chi connectivity index (χ0n) is 20.9. The number of carboxylic acid groups (broad SMARTS) is 1. The van der Waals surface area contributed by atoms with Gasteiger partial charge in [-0.3, -0.25) is 0 Å². The Labute approximate surface area is 222 Å². The van der Waals surface area contributed by atoms with Crippen molar-refractivity contribution in [2.45, 2.75) is 57.7 Å². The van der Waals surface area contributed by atoms with E-state index in [2.05, 4.69) is 59.2 Å². The van der Waals surface area contributed by atoms with Crippen LogP contribution >= 0.6 is 11.3 Å². The van der Waals surface area contributed by atoms with Gasteiger partial charge in [-0.15, -0.1) is 11.3 Å². The van der Waals surface area contributed by atoms with Crippen LogP contribution in [0.1, 0.15) is 70.1 Å². The number of nitrogens with zero attached hydrogens (tertiary/aromatic N) is 1. The van der Waals surface area contributed by atoms with E-state index in [1.807, 2.05) is 12.1 Å². The van der Waals surface area contributed by atoms with E-state index in [-0.39, 0.29) is 0 Å². The lowest BCUT2D eigenvalue weighted by atomic mass is 9.84. The van der Waals surface area contributed by atoms with Crippen LogP contribution < -0.4 is 10.1 Å². The Morgan fingerprint density at radius 3 is 2.30 bits per heavy atom. The summed E-state index contributed by atoms with van der Waals surface area (Å²) in [7, 11) is 0. The quantitative estimate of drug-likeness (QED) is 0.231. The summed E-state index contributed by atoms with van der Waals surface area (Å²) in [5, 5.41) is 15.5. The Morgan fingerprint density at radius 2 is 1.59 bits per heavy atom. The van der Waals surface area contributed by atoms with Crippen molar-refractivity contribution in [1.29, 1.82) is 0 Å². The highest BCUT2D eigenvalue weighted by Gasteiger charge is 2.15. The van der Waals surface area contributed by atoms with Crippen molar-refractivity contribution in [3.05, 3.63) is 105 Å². The molecule has 190 valence electrons. The molecule has 6 heteroatoms. The normalized spacial score (nSPS) is 13.9. The Bertz CT molecular complexity index is 1290. The smallest absolute Gasteiger partial charge is 0.335 e. The largest absolute Gasteiger partial charge is 0.489 e. The summed E-state index contributed by atoms with van der Waals surface area (Å²) in [4.78, 5) is 15.7. The van der Waals surface area contributed by atoms with Gasteiger partial charge in [0.05, 0.1) is 11.3 Å². The van der Waals surface area contributed by atoms with Crippen LogP contribution in [-0.4, -0.2) is 16.1 Å². The van der Waals surface area contributed by atoms with Gasteiger partial charge in [-0.05, 0) is 59.7 Å². The number of hydrogen-bond donors (Lipinski definition) is 2. The van der Waals surface area contributed by atoms with E-state index in [9.17, 15) is 4.79 Å². The summed E-state index contributed by atoms with van der Waals surface area (Å²) in [6, 6.07) is 24.0. The number of aromatic nitrogens is 1. The summed E-state index contributed by atoms with van der Waals surface area (Å²) in [6.07, 6.45) is 6.71. The molecule has 0 amide bonds. The van der Waals surface area contributed by atoms with Gasteiger partial charge in [-0.1, -0.05) is 67.8 Å². The fourth-order valence-electron chi connectivity index (χ4n) is 4.81. The lowest BCUT2D eigenvalue weighted by molar-refractivity contribution is 0.0697. The van der Waals surface area contributed by atoms with E-state index < -0.39 is 5.97 Å². The molecule has 37 heavy (non-hydrogen) atoms. The highest BCUT2D eigenvalue weighted by molar-refractivity contribution is 7.09. The SMILES string of the molecule is O=C(O)c1ccc(CNCc2nc(-c3ccc(COc4ccc(C5CCCCC5)cc4)cc3)cs2)cc1. The number of ether oxygens (including phenoxy) is 1. The van der Waals surface area contributed by atoms with Crippen molar-refractivity contribution in [2.24, 2.45) is 0 Å². The maximum atomic E-state index is 11.0. The van der Waals surface area contributed by atoms with E-state index in [0.29, 0.717) is 25.3 Å². The van der Waals surface area contributed by atoms with E-state index in [0.717, 1.165) is 39.1 Å². The lowest BCUT2D eigenvalue weighted by Gasteiger charge is -2.22. The number of carboxylic acids is 1. The zero-order valence-corrected chi connectivity index (χ0v) is 21.7. The second-order valence-corrected chi connectivity index (χ2v) is 10.6. The van der Waals surface area contributed by atoms with Crippen LogP contribution in [0.3, 0.4) is 0 Å². The molecule has 0 radical (unpaired) electrons. The number of benzene rings is 3. The third-order valence-corrected chi connectivity index (χ3v) is 7.82. The minimum Gasteiger partial charge on any atom is -0.489 e. The first-order valence-electron chi connectivity index (χ1n) is 12.9. The van der Waals surface area contributed by atoms with Gasteiger partial charge >= 0.3 is 5.97 Å². The molecular formula is C31H32N2O3S. The Kier molecular flexibility index (Phi) is 8.28. The third kappa shape index (κ3) is 6.85. The molecule has 5 rings (SSSR count). The number of rotatable bonds is 10. The second-order valence-electron chi connectivity index (χ2n) is 9.62. The summed E-state index contributed by atoms with van der Waals surface area (Å²) in [5.74, 6) is 0.725. The minimum atomic E-state index is -0.908. The maximum Gasteiger partial charge on any atom is 0.335 e. The van der Waals surface area contributed by atoms with Gasteiger partial charge in [0.1, 0.15) is 17.4 Å². The summed E-state index contributed by atoms with van der Waals surface area (Å²) in [5.41, 5.74) is 5.98. The van der Waals surface area contributed by atoms with Gasteiger partial charge in [0, 0.05) is 24.0 Å². The molecule has 0 spiro atoms. The number of carbonyl (C=O) groups is 1. The van der Waals surface area contributed by atoms with Crippen LogP contribution in [0.15, 0.2) is 78.2 Å². The predicted molar refractivity (Wildman–Crippen MR) is 148 cm³/mol. The van der Waals surface area contributed by atoms with Crippen LogP contribution in [0, 0.1) is 0 Å². The summed E-state index contributed by atoms with van der Waals surface area (Å²) >= 11 is 1.63. The van der Waals surface area contributed by atoms with Gasteiger partial charge in [-0.2, -0.15) is 0 Å². The highest BCUT2D eigenvalue weighted by Crippen LogP contribution is 2.33. The van der Waals surface area contributed by atoms with E-state index in [1.165, 1.54) is 37.7 Å². The number of nitrogens with one attached hydrogen (secondary N) is 1. The standard InChI is InChI=1S/C31H32N2O3S/c34-31(35)27-12-6-22(7-13-27)18-32-19-30-33-29(21-37-30)26-10-8-23(9-11-26)20-36-28-16-14-25(15-17-28)24-4-2-1-3-5-24/h6-17,21,24,32H,1-5,18-20H2,(H,34,35). The van der Waals surface area contributed by atoms with Gasteiger partial charge < -0.3 is 15.2 Å². The summed E-state index contributed by atoms with van der Waals surface area (Å²) in [6.45, 7) is 1.87. The van der Waals surface area contributed by atoms with Gasteiger partial charge in [0.2, 0.25) is 0 Å². The average Bonchev–Trinajstić information content (AvgIpc) is 3.42. The molecule has 0 aliphatic heterocycles. The van der Waals surface area contributed by atoms with E-state index >= 15 is 0 Å². The number of thiazole rings is 1. The molecule has 1 aliphatic carbocycles. The molecule has 1 saturated carbocycles. The fraction of sp³-hybridized carbons (Fsp3) is 0.290. The molecule has 0 bridgehead atoms. The van der Waals surface area contributed by atoms with Crippen LogP contribution in [0.25, 0.3) is 11.3 Å². The fourth-order valence-corrected chi connectivity index (χ4v) is 5.59. The van der Waals surface area contributed by atoms with Gasteiger partial charge in [0.25, 0.3) is 0 Å². The molecule has 3 aromatic carbocycles. The first kappa shape index (κ1) is 25.2. The first-order chi connectivity index (χ1) is 18.1. The zero-order chi connectivity index (χ0) is 25.5. The molecule has 1 heterocycles. The van der Waals surface area contributed by atoms with Crippen molar-refractivity contribution in [3.63, 3.8) is 0 Å². The molecule has 5 nitrogen and oxygen atoms in total. The van der Waals surface area contributed by atoms with Crippen LogP contribution in [0.4, 0.5) is 0 Å². The Balaban J connectivity index is 1.09. The van der Waals surface area contributed by atoms with E-state index in [4.69, 9.17) is 14.8 Å². The average molecular weight is 513 g/mol. The van der Waals surface area contributed by atoms with Gasteiger partial charge in [-0.25, -0.2) is 9.78 Å². The molecule has 1 aliphatic rings. The van der Waals surface area contributed by atoms with Crippen molar-refractivity contribution in [2.75, 3.05) is 0 Å². The second kappa shape index (κ2) is 12.2. The van der Waals surface area contributed by atoms with Crippen molar-refractivity contribution in [3.8, 4) is 17.0 Å². The monoisotopic (exact) mass is 512 g/mol. The van der Waals surface area contributed by atoms with Crippen molar-refractivity contribution < 1.29 is 14.6 Å². The minimum absolute atomic E-state index is 0.300. The first-order valence-corrected chi connectivity index (χ1v) is 13.8. The van der Waals surface area contributed by atoms with Crippen LogP contribution in [-0.2, 0) is 19.7 Å². The van der Waals surface area contributed by atoms with Crippen molar-refractivity contribution >= 4 is 17.3 Å². The molecule has 0 saturated heterocycles.